The van der Waals surface area contributed by atoms with Crippen LogP contribution in [-0.4, -0.2) is 20.9 Å². The number of hydrogen-bond donors (Lipinski definition) is 3. The second-order valence-corrected chi connectivity index (χ2v) is 5.22. The molecular formula is C16H17N5O. The van der Waals surface area contributed by atoms with Gasteiger partial charge >= 0.3 is 0 Å². The van der Waals surface area contributed by atoms with E-state index in [0.717, 1.165) is 33.9 Å². The van der Waals surface area contributed by atoms with Crippen LogP contribution in [0.2, 0.25) is 0 Å². The Bertz CT molecular complexity index is 836. The number of benzene rings is 1. The topological polar surface area (TPSA) is 82.7 Å². The van der Waals surface area contributed by atoms with E-state index >= 15 is 0 Å². The van der Waals surface area contributed by atoms with Crippen molar-refractivity contribution in [3.8, 4) is 0 Å². The molecule has 3 N–H and O–H groups in total. The smallest absolute Gasteiger partial charge is 0.221 e. The average Bonchev–Trinajstić information content (AvgIpc) is 2.81. The maximum atomic E-state index is 11.0. The number of carbonyl (C=O) groups is 1. The molecule has 0 saturated carbocycles. The summed E-state index contributed by atoms with van der Waals surface area (Å²) in [7, 11) is 0. The van der Waals surface area contributed by atoms with E-state index in [1.54, 1.807) is 0 Å². The summed E-state index contributed by atoms with van der Waals surface area (Å²) in [6, 6.07) is 9.50. The van der Waals surface area contributed by atoms with Crippen molar-refractivity contribution in [3.05, 3.63) is 41.9 Å². The maximum absolute atomic E-state index is 11.0. The predicted molar refractivity (Wildman–Crippen MR) is 87.4 cm³/mol. The van der Waals surface area contributed by atoms with E-state index in [9.17, 15) is 4.79 Å². The van der Waals surface area contributed by atoms with Crippen molar-refractivity contribution in [1.29, 1.82) is 0 Å². The lowest BCUT2D eigenvalue weighted by atomic mass is 10.2. The number of aromatic nitrogens is 3. The summed E-state index contributed by atoms with van der Waals surface area (Å²) in [5.74, 6) is 1.38. The van der Waals surface area contributed by atoms with Gasteiger partial charge in [-0.3, -0.25) is 4.79 Å². The van der Waals surface area contributed by atoms with E-state index in [1.165, 1.54) is 6.92 Å². The summed E-state index contributed by atoms with van der Waals surface area (Å²) in [5.41, 5.74) is 3.52. The largest absolute Gasteiger partial charge is 0.343 e. The molecule has 0 atom stereocenters. The molecule has 0 fully saturated rings. The minimum atomic E-state index is -0.0864. The molecule has 0 unspecified atom stereocenters. The molecule has 2 heterocycles. The number of aromatic amines is 1. The Morgan fingerprint density at radius 2 is 1.77 bits per heavy atom. The lowest BCUT2D eigenvalue weighted by Gasteiger charge is -2.09. The molecule has 1 aromatic carbocycles. The first-order valence-electron chi connectivity index (χ1n) is 7.00. The number of H-pyrrole nitrogens is 1. The molecule has 6 nitrogen and oxygen atoms in total. The van der Waals surface area contributed by atoms with E-state index in [4.69, 9.17) is 0 Å². The summed E-state index contributed by atoms with van der Waals surface area (Å²) in [6.07, 6.45) is 0. The van der Waals surface area contributed by atoms with Crippen LogP contribution in [0, 0.1) is 13.8 Å². The molecule has 3 aromatic rings. The fourth-order valence-corrected chi connectivity index (χ4v) is 2.32. The SMILES string of the molecule is CC(=O)Nc1ccc(Nc2nc(C)nc3[nH]c(C)cc23)cc1. The molecular weight excluding hydrogens is 278 g/mol. The molecule has 0 radical (unpaired) electrons. The van der Waals surface area contributed by atoms with Crippen LogP contribution in [0.1, 0.15) is 18.4 Å². The van der Waals surface area contributed by atoms with Crippen molar-refractivity contribution in [2.45, 2.75) is 20.8 Å². The summed E-state index contributed by atoms with van der Waals surface area (Å²) >= 11 is 0. The summed E-state index contributed by atoms with van der Waals surface area (Å²) < 4.78 is 0. The maximum Gasteiger partial charge on any atom is 0.221 e. The number of anilines is 3. The van der Waals surface area contributed by atoms with Gasteiger partial charge in [0.1, 0.15) is 17.3 Å². The highest BCUT2D eigenvalue weighted by molar-refractivity contribution is 5.91. The zero-order valence-electron chi connectivity index (χ0n) is 12.7. The third kappa shape index (κ3) is 2.90. The zero-order valence-corrected chi connectivity index (χ0v) is 12.7. The van der Waals surface area contributed by atoms with Crippen LogP contribution in [-0.2, 0) is 4.79 Å². The molecule has 0 saturated heterocycles. The monoisotopic (exact) mass is 295 g/mol. The molecule has 0 spiro atoms. The quantitative estimate of drug-likeness (QED) is 0.692. The average molecular weight is 295 g/mol. The molecule has 1 amide bonds. The number of nitrogens with zero attached hydrogens (tertiary/aromatic N) is 2. The molecule has 22 heavy (non-hydrogen) atoms. The van der Waals surface area contributed by atoms with Gasteiger partial charge in [-0.15, -0.1) is 0 Å². The van der Waals surface area contributed by atoms with Gasteiger partial charge in [0.2, 0.25) is 5.91 Å². The van der Waals surface area contributed by atoms with Crippen molar-refractivity contribution in [1.82, 2.24) is 15.0 Å². The van der Waals surface area contributed by atoms with E-state index < -0.39 is 0 Å². The van der Waals surface area contributed by atoms with Crippen LogP contribution in [0.3, 0.4) is 0 Å². The van der Waals surface area contributed by atoms with Gasteiger partial charge in [0.05, 0.1) is 5.39 Å². The predicted octanol–water partition coefficient (Wildman–Crippen LogP) is 3.28. The third-order valence-electron chi connectivity index (χ3n) is 3.20. The van der Waals surface area contributed by atoms with Gasteiger partial charge in [0.25, 0.3) is 0 Å². The van der Waals surface area contributed by atoms with Gasteiger partial charge in [-0.1, -0.05) is 0 Å². The van der Waals surface area contributed by atoms with Crippen molar-refractivity contribution < 1.29 is 4.79 Å². The number of carbonyl (C=O) groups excluding carboxylic acids is 1. The third-order valence-corrected chi connectivity index (χ3v) is 3.20. The first-order valence-corrected chi connectivity index (χ1v) is 7.00. The van der Waals surface area contributed by atoms with Crippen LogP contribution in [0.25, 0.3) is 11.0 Å². The molecule has 0 aliphatic rings. The van der Waals surface area contributed by atoms with Crippen LogP contribution in [0.5, 0.6) is 0 Å². The number of hydrogen-bond acceptors (Lipinski definition) is 4. The van der Waals surface area contributed by atoms with Crippen LogP contribution in [0.4, 0.5) is 17.2 Å². The Kier molecular flexibility index (Phi) is 3.50. The number of aryl methyl sites for hydroxylation is 2. The normalized spacial score (nSPS) is 10.7. The lowest BCUT2D eigenvalue weighted by Crippen LogP contribution is -2.05. The Morgan fingerprint density at radius 1 is 1.09 bits per heavy atom. The van der Waals surface area contributed by atoms with Gasteiger partial charge in [0, 0.05) is 24.0 Å². The molecule has 6 heteroatoms. The van der Waals surface area contributed by atoms with Gasteiger partial charge in [-0.05, 0) is 44.2 Å². The van der Waals surface area contributed by atoms with Crippen LogP contribution < -0.4 is 10.6 Å². The second kappa shape index (κ2) is 5.48. The van der Waals surface area contributed by atoms with E-state index in [1.807, 2.05) is 44.2 Å². The summed E-state index contributed by atoms with van der Waals surface area (Å²) in [6.45, 7) is 5.34. The minimum Gasteiger partial charge on any atom is -0.343 e. The van der Waals surface area contributed by atoms with Crippen LogP contribution >= 0.6 is 0 Å². The van der Waals surface area contributed by atoms with Crippen molar-refractivity contribution in [3.63, 3.8) is 0 Å². The highest BCUT2D eigenvalue weighted by atomic mass is 16.1. The Morgan fingerprint density at radius 3 is 2.45 bits per heavy atom. The van der Waals surface area contributed by atoms with Gasteiger partial charge in [0.15, 0.2) is 0 Å². The summed E-state index contributed by atoms with van der Waals surface area (Å²) in [5, 5.41) is 6.99. The van der Waals surface area contributed by atoms with E-state index in [0.29, 0.717) is 5.82 Å². The fourth-order valence-electron chi connectivity index (χ4n) is 2.32. The van der Waals surface area contributed by atoms with E-state index in [-0.39, 0.29) is 5.91 Å². The number of nitrogens with one attached hydrogen (secondary N) is 3. The zero-order chi connectivity index (χ0) is 15.7. The molecule has 0 aliphatic heterocycles. The molecule has 112 valence electrons. The van der Waals surface area contributed by atoms with Crippen molar-refractivity contribution >= 4 is 34.1 Å². The first kappa shape index (κ1) is 14.1. The van der Waals surface area contributed by atoms with Crippen LogP contribution in [0.15, 0.2) is 30.3 Å². The molecule has 0 aliphatic carbocycles. The Balaban J connectivity index is 1.91. The lowest BCUT2D eigenvalue weighted by molar-refractivity contribution is -0.114. The molecule has 0 bridgehead atoms. The molecule has 3 rings (SSSR count). The van der Waals surface area contributed by atoms with Crippen molar-refractivity contribution in [2.75, 3.05) is 10.6 Å². The summed E-state index contributed by atoms with van der Waals surface area (Å²) in [4.78, 5) is 23.1. The number of rotatable bonds is 3. The fraction of sp³-hybridized carbons (Fsp3) is 0.188. The highest BCUT2D eigenvalue weighted by Crippen LogP contribution is 2.25. The highest BCUT2D eigenvalue weighted by Gasteiger charge is 2.08. The minimum absolute atomic E-state index is 0.0864. The molecule has 2 aromatic heterocycles. The Hall–Kier alpha value is -2.89. The number of fused-ring (bicyclic) bond motifs is 1. The van der Waals surface area contributed by atoms with E-state index in [2.05, 4.69) is 25.6 Å². The van der Waals surface area contributed by atoms with Gasteiger partial charge in [-0.2, -0.15) is 0 Å². The Labute approximate surface area is 128 Å². The van der Waals surface area contributed by atoms with Gasteiger partial charge in [-0.25, -0.2) is 9.97 Å². The number of amides is 1. The van der Waals surface area contributed by atoms with Crippen molar-refractivity contribution in [2.24, 2.45) is 0 Å². The van der Waals surface area contributed by atoms with Gasteiger partial charge < -0.3 is 15.6 Å². The standard InChI is InChI=1S/C16H17N5O/c1-9-8-14-15(17-9)18-10(2)19-16(14)21-13-6-4-12(5-7-13)20-11(3)22/h4-8H,1-3H3,(H,20,22)(H2,17,18,19,21). The first-order chi connectivity index (χ1) is 10.5. The second-order valence-electron chi connectivity index (χ2n) is 5.22.